The molecule has 1 aromatic rings. The third kappa shape index (κ3) is 3.37. The quantitative estimate of drug-likeness (QED) is 0.808. The van der Waals surface area contributed by atoms with Crippen molar-refractivity contribution in [3.05, 3.63) is 35.4 Å². The van der Waals surface area contributed by atoms with Crippen LogP contribution in [0.25, 0.3) is 0 Å². The molecule has 15 heavy (non-hydrogen) atoms. The first-order chi connectivity index (χ1) is 6.46. The van der Waals surface area contributed by atoms with Crippen molar-refractivity contribution < 1.29 is 18.0 Å². The fraction of sp³-hybridized carbons (Fsp3) is 0.333. The number of benzene rings is 1. The second kappa shape index (κ2) is 5.34. The van der Waals surface area contributed by atoms with Gasteiger partial charge in [0.25, 0.3) is 0 Å². The molecule has 1 atom stereocenters. The fourth-order valence-electron chi connectivity index (χ4n) is 1.18. The first-order valence-electron chi connectivity index (χ1n) is 3.98. The van der Waals surface area contributed by atoms with Gasteiger partial charge >= 0.3 is 6.18 Å². The SMILES string of the molecule is CC(ON)c1ccccc1C(F)(F)F.Cl. The third-order valence-corrected chi connectivity index (χ3v) is 1.91. The molecule has 0 amide bonds. The molecule has 0 saturated heterocycles. The summed E-state index contributed by atoms with van der Waals surface area (Å²) in [5.74, 6) is 4.85. The van der Waals surface area contributed by atoms with Crippen molar-refractivity contribution in [3.63, 3.8) is 0 Å². The smallest absolute Gasteiger partial charge is 0.297 e. The first-order valence-corrected chi connectivity index (χ1v) is 3.98. The van der Waals surface area contributed by atoms with Gasteiger partial charge in [0.05, 0.1) is 5.56 Å². The molecule has 0 aliphatic carbocycles. The molecule has 2 N–H and O–H groups in total. The number of rotatable bonds is 2. The van der Waals surface area contributed by atoms with E-state index >= 15 is 0 Å². The molecule has 0 saturated carbocycles. The van der Waals surface area contributed by atoms with Gasteiger partial charge in [-0.15, -0.1) is 12.4 Å². The van der Waals surface area contributed by atoms with Crippen molar-refractivity contribution in [2.45, 2.75) is 19.2 Å². The molecule has 2 nitrogen and oxygen atoms in total. The van der Waals surface area contributed by atoms with E-state index in [1.165, 1.54) is 25.1 Å². The van der Waals surface area contributed by atoms with Gasteiger partial charge < -0.3 is 0 Å². The zero-order valence-corrected chi connectivity index (χ0v) is 8.73. The fourth-order valence-corrected chi connectivity index (χ4v) is 1.18. The zero-order chi connectivity index (χ0) is 10.8. The van der Waals surface area contributed by atoms with Crippen LogP contribution in [0.15, 0.2) is 24.3 Å². The molecule has 0 heterocycles. The van der Waals surface area contributed by atoms with Crippen LogP contribution in [-0.2, 0) is 11.0 Å². The van der Waals surface area contributed by atoms with Crippen LogP contribution in [0.5, 0.6) is 0 Å². The lowest BCUT2D eigenvalue weighted by Gasteiger charge is -2.16. The van der Waals surface area contributed by atoms with Crippen molar-refractivity contribution in [2.24, 2.45) is 5.90 Å². The number of alkyl halides is 3. The summed E-state index contributed by atoms with van der Waals surface area (Å²) in [6, 6.07) is 5.20. The van der Waals surface area contributed by atoms with E-state index in [9.17, 15) is 13.2 Å². The standard InChI is InChI=1S/C9H10F3NO.ClH/c1-6(14-13)7-4-2-3-5-8(7)9(10,11)12;/h2-6H,13H2,1H3;1H. The Kier molecular flexibility index (Phi) is 5.07. The number of hydrogen-bond donors (Lipinski definition) is 1. The average Bonchev–Trinajstić information content (AvgIpc) is 2.15. The maximum atomic E-state index is 12.4. The van der Waals surface area contributed by atoms with Crippen LogP contribution in [0, 0.1) is 0 Å². The molecule has 6 heteroatoms. The highest BCUT2D eigenvalue weighted by molar-refractivity contribution is 5.85. The van der Waals surface area contributed by atoms with E-state index in [-0.39, 0.29) is 18.0 Å². The maximum absolute atomic E-state index is 12.4. The summed E-state index contributed by atoms with van der Waals surface area (Å²) in [6.45, 7) is 1.46. The van der Waals surface area contributed by atoms with Crippen molar-refractivity contribution >= 4 is 12.4 Å². The number of nitrogens with two attached hydrogens (primary N) is 1. The predicted octanol–water partition coefficient (Wildman–Crippen LogP) is 3.08. The van der Waals surface area contributed by atoms with Crippen molar-refractivity contribution in [1.29, 1.82) is 0 Å². The maximum Gasteiger partial charge on any atom is 0.416 e. The van der Waals surface area contributed by atoms with E-state index in [0.29, 0.717) is 0 Å². The first kappa shape index (κ1) is 14.2. The molecule has 1 aromatic carbocycles. The van der Waals surface area contributed by atoms with Gasteiger partial charge in [0, 0.05) is 0 Å². The molecular weight excluding hydrogens is 231 g/mol. The summed E-state index contributed by atoms with van der Waals surface area (Å²) < 4.78 is 37.3. The van der Waals surface area contributed by atoms with Gasteiger partial charge in [-0.2, -0.15) is 13.2 Å². The van der Waals surface area contributed by atoms with Gasteiger partial charge in [-0.3, -0.25) is 4.84 Å². The molecule has 1 rings (SSSR count). The van der Waals surface area contributed by atoms with Crippen molar-refractivity contribution in [1.82, 2.24) is 0 Å². The van der Waals surface area contributed by atoms with E-state index in [1.54, 1.807) is 0 Å². The van der Waals surface area contributed by atoms with E-state index in [0.717, 1.165) is 6.07 Å². The summed E-state index contributed by atoms with van der Waals surface area (Å²) in [7, 11) is 0. The van der Waals surface area contributed by atoms with Crippen LogP contribution in [0.1, 0.15) is 24.2 Å². The largest absolute Gasteiger partial charge is 0.416 e. The van der Waals surface area contributed by atoms with Crippen LogP contribution >= 0.6 is 12.4 Å². The Morgan fingerprint density at radius 3 is 2.27 bits per heavy atom. The highest BCUT2D eigenvalue weighted by Gasteiger charge is 2.34. The van der Waals surface area contributed by atoms with E-state index in [2.05, 4.69) is 4.84 Å². The van der Waals surface area contributed by atoms with Crippen LogP contribution in [0.2, 0.25) is 0 Å². The van der Waals surface area contributed by atoms with E-state index in [1.807, 2.05) is 0 Å². The van der Waals surface area contributed by atoms with E-state index in [4.69, 9.17) is 5.90 Å². The highest BCUT2D eigenvalue weighted by Crippen LogP contribution is 2.34. The monoisotopic (exact) mass is 241 g/mol. The van der Waals surface area contributed by atoms with Gasteiger partial charge in [0.1, 0.15) is 6.10 Å². The molecule has 0 spiro atoms. The van der Waals surface area contributed by atoms with E-state index < -0.39 is 17.8 Å². The molecule has 0 aromatic heterocycles. The number of hydrogen-bond acceptors (Lipinski definition) is 2. The lowest BCUT2D eigenvalue weighted by molar-refractivity contribution is -0.139. The Morgan fingerprint density at radius 1 is 1.27 bits per heavy atom. The lowest BCUT2D eigenvalue weighted by Crippen LogP contribution is -2.14. The number of halogens is 4. The van der Waals surface area contributed by atoms with Crippen LogP contribution in [0.4, 0.5) is 13.2 Å². The molecule has 0 aliphatic rings. The Bertz CT molecular complexity index is 316. The molecule has 0 aliphatic heterocycles. The Morgan fingerprint density at radius 2 is 1.80 bits per heavy atom. The molecule has 0 fully saturated rings. The summed E-state index contributed by atoms with van der Waals surface area (Å²) in [4.78, 5) is 4.37. The summed E-state index contributed by atoms with van der Waals surface area (Å²) in [5.41, 5.74) is -0.666. The minimum absolute atomic E-state index is 0. The Hall–Kier alpha value is -0.780. The van der Waals surface area contributed by atoms with Crippen molar-refractivity contribution in [3.8, 4) is 0 Å². The second-order valence-electron chi connectivity index (χ2n) is 2.86. The molecule has 0 bridgehead atoms. The predicted molar refractivity (Wildman–Crippen MR) is 52.4 cm³/mol. The van der Waals surface area contributed by atoms with Crippen LogP contribution in [-0.4, -0.2) is 0 Å². The van der Waals surface area contributed by atoms with Gasteiger partial charge in [0.15, 0.2) is 0 Å². The van der Waals surface area contributed by atoms with Crippen LogP contribution in [0.3, 0.4) is 0 Å². The summed E-state index contributed by atoms with van der Waals surface area (Å²) >= 11 is 0. The minimum Gasteiger partial charge on any atom is -0.297 e. The average molecular weight is 242 g/mol. The normalized spacial score (nSPS) is 13.1. The molecule has 1 unspecified atom stereocenters. The zero-order valence-electron chi connectivity index (χ0n) is 7.91. The minimum atomic E-state index is -4.37. The molecule has 86 valence electrons. The van der Waals surface area contributed by atoms with Gasteiger partial charge in [-0.25, -0.2) is 5.90 Å². The van der Waals surface area contributed by atoms with Crippen molar-refractivity contribution in [2.75, 3.05) is 0 Å². The second-order valence-corrected chi connectivity index (χ2v) is 2.86. The third-order valence-electron chi connectivity index (χ3n) is 1.91. The molecule has 0 radical (unpaired) electrons. The van der Waals surface area contributed by atoms with Gasteiger partial charge in [-0.1, -0.05) is 18.2 Å². The Balaban J connectivity index is 0.00000196. The lowest BCUT2D eigenvalue weighted by atomic mass is 10.0. The summed E-state index contributed by atoms with van der Waals surface area (Å²) in [5, 5.41) is 0. The summed E-state index contributed by atoms with van der Waals surface area (Å²) in [6.07, 6.45) is -5.14. The highest BCUT2D eigenvalue weighted by atomic mass is 35.5. The van der Waals surface area contributed by atoms with Gasteiger partial charge in [-0.05, 0) is 18.6 Å². The Labute approximate surface area is 91.6 Å². The van der Waals surface area contributed by atoms with Gasteiger partial charge in [0.2, 0.25) is 0 Å². The topological polar surface area (TPSA) is 35.2 Å². The van der Waals surface area contributed by atoms with Crippen LogP contribution < -0.4 is 5.90 Å². The molecular formula is C9H11ClF3NO.